The fourth-order valence-electron chi connectivity index (χ4n) is 0.988. The molecule has 0 radical (unpaired) electrons. The molecule has 1 rings (SSSR count). The summed E-state index contributed by atoms with van der Waals surface area (Å²) in [6.45, 7) is -0.168. The molecule has 0 saturated carbocycles. The molecule has 0 aromatic heterocycles. The van der Waals surface area contributed by atoms with Crippen molar-refractivity contribution in [1.82, 2.24) is 4.90 Å². The smallest absolute Gasteiger partial charge is 0.407 e. The van der Waals surface area contributed by atoms with Gasteiger partial charge in [0.25, 0.3) is 0 Å². The highest BCUT2D eigenvalue weighted by molar-refractivity contribution is 5.64. The minimum Gasteiger partial charge on any atom is -0.465 e. The highest BCUT2D eigenvalue weighted by Gasteiger charge is 2.10. The molecule has 0 atom stereocenters. The highest BCUT2D eigenvalue weighted by Crippen LogP contribution is 2.11. The molecule has 0 heterocycles. The Morgan fingerprint density at radius 1 is 1.50 bits per heavy atom. The largest absolute Gasteiger partial charge is 0.465 e. The summed E-state index contributed by atoms with van der Waals surface area (Å²) in [6.07, 6.45) is -1.19. The SMILES string of the molecule is CN(Cc1cc(F)ccc1F)C(=O)O. The maximum Gasteiger partial charge on any atom is 0.407 e. The van der Waals surface area contributed by atoms with Crippen molar-refractivity contribution in [3.63, 3.8) is 0 Å². The first-order valence-electron chi connectivity index (χ1n) is 3.88. The second-order valence-corrected chi connectivity index (χ2v) is 2.87. The van der Waals surface area contributed by atoms with Gasteiger partial charge in [-0.05, 0) is 18.2 Å². The van der Waals surface area contributed by atoms with Crippen LogP contribution in [-0.4, -0.2) is 23.1 Å². The molecule has 0 bridgehead atoms. The van der Waals surface area contributed by atoms with Crippen LogP contribution in [0.1, 0.15) is 5.56 Å². The zero-order valence-corrected chi connectivity index (χ0v) is 7.50. The molecule has 0 unspecified atom stereocenters. The number of halogens is 2. The Morgan fingerprint density at radius 3 is 2.71 bits per heavy atom. The van der Waals surface area contributed by atoms with Crippen molar-refractivity contribution in [1.29, 1.82) is 0 Å². The maximum absolute atomic E-state index is 13.0. The molecule has 5 heteroatoms. The van der Waals surface area contributed by atoms with Crippen LogP contribution in [0, 0.1) is 11.6 Å². The molecule has 0 fully saturated rings. The molecule has 1 aromatic rings. The van der Waals surface area contributed by atoms with Crippen molar-refractivity contribution < 1.29 is 18.7 Å². The van der Waals surface area contributed by atoms with E-state index in [2.05, 4.69) is 0 Å². The third-order valence-corrected chi connectivity index (χ3v) is 1.74. The van der Waals surface area contributed by atoms with Crippen molar-refractivity contribution in [2.45, 2.75) is 6.54 Å². The molecule has 0 spiro atoms. The van der Waals surface area contributed by atoms with E-state index in [1.165, 1.54) is 7.05 Å². The minimum atomic E-state index is -1.19. The van der Waals surface area contributed by atoms with Gasteiger partial charge in [-0.25, -0.2) is 13.6 Å². The monoisotopic (exact) mass is 201 g/mol. The lowest BCUT2D eigenvalue weighted by molar-refractivity contribution is 0.153. The number of hydrogen-bond acceptors (Lipinski definition) is 1. The van der Waals surface area contributed by atoms with E-state index in [4.69, 9.17) is 5.11 Å². The first kappa shape index (κ1) is 10.4. The average Bonchev–Trinajstić information content (AvgIpc) is 2.11. The molecule has 1 amide bonds. The molecule has 76 valence electrons. The molecule has 1 N–H and O–H groups in total. The van der Waals surface area contributed by atoms with Crippen molar-refractivity contribution in [3.8, 4) is 0 Å². The molecule has 0 aliphatic heterocycles. The third kappa shape index (κ3) is 2.42. The molecule has 0 saturated heterocycles. The predicted octanol–water partition coefficient (Wildman–Crippen LogP) is 2.07. The van der Waals surface area contributed by atoms with Gasteiger partial charge in [0.2, 0.25) is 0 Å². The van der Waals surface area contributed by atoms with E-state index in [-0.39, 0.29) is 12.1 Å². The van der Waals surface area contributed by atoms with E-state index in [9.17, 15) is 13.6 Å². The van der Waals surface area contributed by atoms with Gasteiger partial charge in [-0.15, -0.1) is 0 Å². The lowest BCUT2D eigenvalue weighted by Crippen LogP contribution is -2.24. The van der Waals surface area contributed by atoms with Gasteiger partial charge in [0.1, 0.15) is 11.6 Å². The Balaban J connectivity index is 2.85. The summed E-state index contributed by atoms with van der Waals surface area (Å²) in [5, 5.41) is 8.51. The number of benzene rings is 1. The summed E-state index contributed by atoms with van der Waals surface area (Å²) >= 11 is 0. The Labute approximate surface area is 79.6 Å². The van der Waals surface area contributed by atoms with Gasteiger partial charge in [0.15, 0.2) is 0 Å². The lowest BCUT2D eigenvalue weighted by atomic mass is 10.2. The van der Waals surface area contributed by atoms with Gasteiger partial charge in [0, 0.05) is 12.6 Å². The Morgan fingerprint density at radius 2 is 2.14 bits per heavy atom. The van der Waals surface area contributed by atoms with Crippen LogP contribution < -0.4 is 0 Å². The molecule has 3 nitrogen and oxygen atoms in total. The Kier molecular flexibility index (Phi) is 3.01. The molecule has 0 aliphatic carbocycles. The number of nitrogens with zero attached hydrogens (tertiary/aromatic N) is 1. The zero-order valence-electron chi connectivity index (χ0n) is 7.50. The van der Waals surface area contributed by atoms with Crippen molar-refractivity contribution in [2.24, 2.45) is 0 Å². The highest BCUT2D eigenvalue weighted by atomic mass is 19.1. The summed E-state index contributed by atoms with van der Waals surface area (Å²) in [7, 11) is 1.28. The summed E-state index contributed by atoms with van der Waals surface area (Å²) in [5.41, 5.74) is 0.0231. The van der Waals surface area contributed by atoms with E-state index >= 15 is 0 Å². The Bertz CT molecular complexity index is 355. The molecule has 14 heavy (non-hydrogen) atoms. The average molecular weight is 201 g/mol. The molecular formula is C9H9F2NO2. The standard InChI is InChI=1S/C9H9F2NO2/c1-12(9(13)14)5-6-4-7(10)2-3-8(6)11/h2-4H,5H2,1H3,(H,13,14). The van der Waals surface area contributed by atoms with E-state index in [0.717, 1.165) is 23.1 Å². The Hall–Kier alpha value is -1.65. The van der Waals surface area contributed by atoms with E-state index in [1.807, 2.05) is 0 Å². The molecule has 1 aromatic carbocycles. The first-order chi connectivity index (χ1) is 6.50. The number of amides is 1. The van der Waals surface area contributed by atoms with E-state index in [0.29, 0.717) is 0 Å². The second-order valence-electron chi connectivity index (χ2n) is 2.87. The van der Waals surface area contributed by atoms with Crippen LogP contribution in [-0.2, 0) is 6.54 Å². The first-order valence-corrected chi connectivity index (χ1v) is 3.88. The normalized spacial score (nSPS) is 9.93. The van der Waals surface area contributed by atoms with Crippen molar-refractivity contribution >= 4 is 6.09 Å². The van der Waals surface area contributed by atoms with Crippen LogP contribution >= 0.6 is 0 Å². The van der Waals surface area contributed by atoms with Crippen molar-refractivity contribution in [2.75, 3.05) is 7.05 Å². The van der Waals surface area contributed by atoms with Gasteiger partial charge in [-0.1, -0.05) is 0 Å². The fraction of sp³-hybridized carbons (Fsp3) is 0.222. The van der Waals surface area contributed by atoms with Crippen LogP contribution in [0.4, 0.5) is 13.6 Å². The third-order valence-electron chi connectivity index (χ3n) is 1.74. The van der Waals surface area contributed by atoms with Gasteiger partial charge < -0.3 is 10.0 Å². The number of carbonyl (C=O) groups is 1. The lowest BCUT2D eigenvalue weighted by Gasteiger charge is -2.13. The summed E-state index contributed by atoms with van der Waals surface area (Å²) in [4.78, 5) is 11.3. The minimum absolute atomic E-state index is 0.0231. The van der Waals surface area contributed by atoms with Crippen LogP contribution in [0.5, 0.6) is 0 Å². The van der Waals surface area contributed by atoms with Crippen molar-refractivity contribution in [3.05, 3.63) is 35.4 Å². The quantitative estimate of drug-likeness (QED) is 0.795. The summed E-state index contributed by atoms with van der Waals surface area (Å²) in [6, 6.07) is 2.94. The van der Waals surface area contributed by atoms with Gasteiger partial charge in [0.05, 0.1) is 6.54 Å². The van der Waals surface area contributed by atoms with Crippen LogP contribution in [0.3, 0.4) is 0 Å². The van der Waals surface area contributed by atoms with Crippen LogP contribution in [0.15, 0.2) is 18.2 Å². The number of rotatable bonds is 2. The number of carboxylic acid groups (broad SMARTS) is 1. The topological polar surface area (TPSA) is 40.5 Å². The predicted molar refractivity (Wildman–Crippen MR) is 45.8 cm³/mol. The van der Waals surface area contributed by atoms with Crippen LogP contribution in [0.25, 0.3) is 0 Å². The summed E-state index contributed by atoms with van der Waals surface area (Å²) < 4.78 is 25.7. The van der Waals surface area contributed by atoms with Crippen LogP contribution in [0.2, 0.25) is 0 Å². The molecule has 0 aliphatic rings. The zero-order chi connectivity index (χ0) is 10.7. The van der Waals surface area contributed by atoms with E-state index < -0.39 is 17.7 Å². The van der Waals surface area contributed by atoms with E-state index in [1.54, 1.807) is 0 Å². The summed E-state index contributed by atoms with van der Waals surface area (Å²) in [5.74, 6) is -1.19. The second kappa shape index (κ2) is 4.04. The molecular weight excluding hydrogens is 192 g/mol. The number of hydrogen-bond donors (Lipinski definition) is 1. The van der Waals surface area contributed by atoms with Gasteiger partial charge >= 0.3 is 6.09 Å². The van der Waals surface area contributed by atoms with Gasteiger partial charge in [-0.2, -0.15) is 0 Å². The van der Waals surface area contributed by atoms with Gasteiger partial charge in [-0.3, -0.25) is 0 Å². The fourth-order valence-corrected chi connectivity index (χ4v) is 0.988. The maximum atomic E-state index is 13.0.